The van der Waals surface area contributed by atoms with Gasteiger partial charge in [-0.1, -0.05) is 265 Å². The lowest BCUT2D eigenvalue weighted by Crippen LogP contribution is -2.03. The molecular weight excluding hydrogens is 841 g/mol. The zero-order chi connectivity index (χ0) is 50.0. The van der Waals surface area contributed by atoms with E-state index in [4.69, 9.17) is 0 Å². The van der Waals surface area contributed by atoms with Gasteiger partial charge in [0.2, 0.25) is 0 Å². The Bertz CT molecular complexity index is 3110. The molecule has 9 rings (SSSR count). The average Bonchev–Trinajstić information content (AvgIpc) is 3.39. The topological polar surface area (TPSA) is 0 Å². The molecule has 0 N–H and O–H groups in total. The number of hydrogen-bond acceptors (Lipinski definition) is 0. The highest BCUT2D eigenvalue weighted by atomic mass is 14.2. The minimum absolute atomic E-state index is 0.494. The van der Waals surface area contributed by atoms with Crippen LogP contribution >= 0.6 is 0 Å². The van der Waals surface area contributed by atoms with Gasteiger partial charge >= 0.3 is 0 Å². The molecule has 70 heavy (non-hydrogen) atoms. The molecule has 0 saturated carbocycles. The zero-order valence-electron chi connectivity index (χ0n) is 43.4. The molecule has 0 saturated heterocycles. The van der Waals surface area contributed by atoms with E-state index in [9.17, 15) is 0 Å². The molecule has 0 spiro atoms. The van der Waals surface area contributed by atoms with Crippen molar-refractivity contribution in [2.45, 2.75) is 81.6 Å². The SMILES string of the molecule is C=C(C)/C=C(/c1cccc(-c2cccc(-c3ccccc3)c2)c1)c1c(C)cccc1-c1ccccc1.CC.CCc1c(-c2ccccc2C)ccc(-c2ccccc2C)c1C(C)C.Cc1ccccc1. The van der Waals surface area contributed by atoms with Crippen LogP contribution < -0.4 is 0 Å². The second kappa shape index (κ2) is 25.7. The zero-order valence-corrected chi connectivity index (χ0v) is 43.4. The van der Waals surface area contributed by atoms with Crippen LogP contribution in [0.4, 0.5) is 0 Å². The standard InChI is InChI=1S/C36H30.C25H28.C7H8.C2H6/c1-26(2)23-35(36-27(3)13-10-22-34(36)29-16-8-5-9-17-29)33-21-12-20-32(25-33)31-19-11-18-30(24-31)28-14-6-4-7-15-28;1-6-20-23(21-13-9-7-11-18(21)4)15-16-24(25(20)17(2)3)22-14-10-8-12-19(22)5;1-7-5-3-2-4-6-7;1-2/h4-25H,1H2,2-3H3;7-17H,6H2,1-5H3;2-6H,1H3;1-2H3/b35-23-;;;. The second-order valence-corrected chi connectivity index (χ2v) is 18.1. The minimum atomic E-state index is 0.494. The average molecular weight is 913 g/mol. The summed E-state index contributed by atoms with van der Waals surface area (Å²) in [5.74, 6) is 0.494. The van der Waals surface area contributed by atoms with E-state index in [0.29, 0.717) is 5.92 Å². The van der Waals surface area contributed by atoms with Gasteiger partial charge in [-0.25, -0.2) is 0 Å². The minimum Gasteiger partial charge on any atom is -0.0961 e. The van der Waals surface area contributed by atoms with Crippen molar-refractivity contribution in [1.82, 2.24) is 0 Å². The van der Waals surface area contributed by atoms with Crippen LogP contribution in [0, 0.1) is 27.7 Å². The van der Waals surface area contributed by atoms with Crippen molar-refractivity contribution < 1.29 is 0 Å². The Morgan fingerprint density at radius 3 is 1.39 bits per heavy atom. The number of aryl methyl sites for hydroxylation is 4. The van der Waals surface area contributed by atoms with Crippen LogP contribution in [0.15, 0.2) is 237 Å². The molecule has 9 aromatic carbocycles. The lowest BCUT2D eigenvalue weighted by molar-refractivity contribution is 0.847. The highest BCUT2D eigenvalue weighted by molar-refractivity contribution is 5.92. The number of benzene rings is 9. The van der Waals surface area contributed by atoms with Crippen molar-refractivity contribution in [3.63, 3.8) is 0 Å². The van der Waals surface area contributed by atoms with Crippen LogP contribution in [-0.4, -0.2) is 0 Å². The Labute approximate surface area is 421 Å². The molecule has 0 radical (unpaired) electrons. The Balaban J connectivity index is 0.000000204. The molecule has 0 fully saturated rings. The summed E-state index contributed by atoms with van der Waals surface area (Å²) in [6.07, 6.45) is 3.27. The first kappa shape index (κ1) is 51.8. The van der Waals surface area contributed by atoms with Gasteiger partial charge in [0.1, 0.15) is 0 Å². The van der Waals surface area contributed by atoms with Gasteiger partial charge in [-0.05, 0) is 159 Å². The van der Waals surface area contributed by atoms with E-state index in [1.54, 1.807) is 0 Å². The van der Waals surface area contributed by atoms with Gasteiger partial charge in [-0.3, -0.25) is 0 Å². The maximum atomic E-state index is 4.23. The van der Waals surface area contributed by atoms with E-state index < -0.39 is 0 Å². The van der Waals surface area contributed by atoms with Crippen molar-refractivity contribution in [3.8, 4) is 55.6 Å². The van der Waals surface area contributed by atoms with Crippen LogP contribution in [0.25, 0.3) is 61.2 Å². The smallest absolute Gasteiger partial charge is 0.00700 e. The molecular formula is C70H72. The normalized spacial score (nSPS) is 10.8. The van der Waals surface area contributed by atoms with Crippen LogP contribution in [0.5, 0.6) is 0 Å². The molecule has 0 atom stereocenters. The first-order valence-electron chi connectivity index (χ1n) is 25.1. The first-order valence-corrected chi connectivity index (χ1v) is 25.1. The molecule has 0 heteroatoms. The number of hydrogen-bond donors (Lipinski definition) is 0. The maximum absolute atomic E-state index is 4.23. The fourth-order valence-corrected chi connectivity index (χ4v) is 9.28. The molecule has 0 nitrogen and oxygen atoms in total. The molecule has 0 aromatic heterocycles. The molecule has 9 aromatic rings. The van der Waals surface area contributed by atoms with Crippen LogP contribution in [0.1, 0.15) is 92.0 Å². The quantitative estimate of drug-likeness (QED) is 0.120. The summed E-state index contributed by atoms with van der Waals surface area (Å²) in [4.78, 5) is 0. The predicted molar refractivity (Wildman–Crippen MR) is 309 cm³/mol. The summed E-state index contributed by atoms with van der Waals surface area (Å²) in [5.41, 5.74) is 25.7. The Morgan fingerprint density at radius 2 is 0.857 bits per heavy atom. The summed E-state index contributed by atoms with van der Waals surface area (Å²) in [6, 6.07) is 77.8. The summed E-state index contributed by atoms with van der Waals surface area (Å²) in [5, 5.41) is 0. The molecule has 0 amide bonds. The van der Waals surface area contributed by atoms with Crippen molar-refractivity contribution in [2.24, 2.45) is 0 Å². The Kier molecular flexibility index (Phi) is 19.0. The highest BCUT2D eigenvalue weighted by Crippen LogP contribution is 2.41. The largest absolute Gasteiger partial charge is 0.0961 e. The molecule has 0 aliphatic rings. The Morgan fingerprint density at radius 1 is 0.429 bits per heavy atom. The monoisotopic (exact) mass is 913 g/mol. The summed E-state index contributed by atoms with van der Waals surface area (Å²) < 4.78 is 0. The molecule has 0 unspecified atom stereocenters. The third kappa shape index (κ3) is 13.2. The van der Waals surface area contributed by atoms with E-state index >= 15 is 0 Å². The van der Waals surface area contributed by atoms with Crippen molar-refractivity contribution in [1.29, 1.82) is 0 Å². The fraction of sp³-hybridized carbons (Fsp3) is 0.171. The van der Waals surface area contributed by atoms with Crippen LogP contribution in [0.3, 0.4) is 0 Å². The summed E-state index contributed by atoms with van der Waals surface area (Å²) in [7, 11) is 0. The van der Waals surface area contributed by atoms with Crippen LogP contribution in [-0.2, 0) is 6.42 Å². The predicted octanol–water partition coefficient (Wildman–Crippen LogP) is 20.3. The molecule has 0 heterocycles. The van der Waals surface area contributed by atoms with Crippen molar-refractivity contribution >= 4 is 5.57 Å². The summed E-state index contributed by atoms with van der Waals surface area (Å²) >= 11 is 0. The number of allylic oxidation sites excluding steroid dienone is 2. The second-order valence-electron chi connectivity index (χ2n) is 18.1. The van der Waals surface area contributed by atoms with Gasteiger partial charge < -0.3 is 0 Å². The van der Waals surface area contributed by atoms with Gasteiger partial charge in [-0.15, -0.1) is 0 Å². The van der Waals surface area contributed by atoms with Gasteiger partial charge in [0.05, 0.1) is 0 Å². The summed E-state index contributed by atoms with van der Waals surface area (Å²) in [6.45, 7) is 25.9. The van der Waals surface area contributed by atoms with E-state index in [-0.39, 0.29) is 0 Å². The fourth-order valence-electron chi connectivity index (χ4n) is 9.28. The van der Waals surface area contributed by atoms with Gasteiger partial charge in [0.15, 0.2) is 0 Å². The molecule has 0 bridgehead atoms. The third-order valence-electron chi connectivity index (χ3n) is 12.6. The Hall–Kier alpha value is -7.54. The lowest BCUT2D eigenvalue weighted by Gasteiger charge is -2.23. The van der Waals surface area contributed by atoms with E-state index in [1.807, 2.05) is 32.0 Å². The molecule has 0 aliphatic carbocycles. The first-order chi connectivity index (χ1) is 34.0. The number of rotatable bonds is 10. The van der Waals surface area contributed by atoms with E-state index in [0.717, 1.165) is 12.0 Å². The van der Waals surface area contributed by atoms with E-state index in [1.165, 1.54) is 106 Å². The van der Waals surface area contributed by atoms with Crippen LogP contribution in [0.2, 0.25) is 0 Å². The van der Waals surface area contributed by atoms with Gasteiger partial charge in [0, 0.05) is 0 Å². The van der Waals surface area contributed by atoms with Gasteiger partial charge in [-0.2, -0.15) is 0 Å². The molecule has 352 valence electrons. The van der Waals surface area contributed by atoms with Crippen molar-refractivity contribution in [3.05, 3.63) is 281 Å². The van der Waals surface area contributed by atoms with Crippen molar-refractivity contribution in [2.75, 3.05) is 0 Å². The van der Waals surface area contributed by atoms with Gasteiger partial charge in [0.25, 0.3) is 0 Å². The van der Waals surface area contributed by atoms with E-state index in [2.05, 4.69) is 268 Å². The highest BCUT2D eigenvalue weighted by Gasteiger charge is 2.19. The lowest BCUT2D eigenvalue weighted by atomic mass is 9.82. The molecule has 0 aliphatic heterocycles. The third-order valence-corrected chi connectivity index (χ3v) is 12.6. The maximum Gasteiger partial charge on any atom is -0.00700 e.